The van der Waals surface area contributed by atoms with Crippen molar-refractivity contribution < 1.29 is 24.2 Å². The van der Waals surface area contributed by atoms with Crippen molar-refractivity contribution in [2.24, 2.45) is 0 Å². The second-order valence-corrected chi connectivity index (χ2v) is 4.07. The molecular formula is C13H19N3O5. The number of ether oxygens (including phenoxy) is 2. The highest BCUT2D eigenvalue weighted by molar-refractivity contribution is 5.85. The van der Waals surface area contributed by atoms with Crippen molar-refractivity contribution in [1.29, 1.82) is 0 Å². The predicted molar refractivity (Wildman–Crippen MR) is 74.1 cm³/mol. The number of methoxy groups -OCH3 is 1. The monoisotopic (exact) mass is 297 g/mol. The van der Waals surface area contributed by atoms with Crippen LogP contribution in [0.1, 0.15) is 16.1 Å². The number of nitrogens with zero attached hydrogens (tertiary/aromatic N) is 1. The van der Waals surface area contributed by atoms with Crippen LogP contribution < -0.4 is 10.6 Å². The van der Waals surface area contributed by atoms with E-state index in [2.05, 4.69) is 15.6 Å². The van der Waals surface area contributed by atoms with Crippen LogP contribution in [0.15, 0.2) is 18.3 Å². The Labute approximate surface area is 122 Å². The fourth-order valence-electron chi connectivity index (χ4n) is 1.38. The normalized spacial score (nSPS) is 10.1. The van der Waals surface area contributed by atoms with Gasteiger partial charge in [0.1, 0.15) is 5.69 Å². The van der Waals surface area contributed by atoms with Gasteiger partial charge >= 0.3 is 12.0 Å². The van der Waals surface area contributed by atoms with Gasteiger partial charge in [-0.05, 0) is 11.6 Å². The first-order chi connectivity index (χ1) is 10.1. The summed E-state index contributed by atoms with van der Waals surface area (Å²) in [7, 11) is 1.59. The summed E-state index contributed by atoms with van der Waals surface area (Å²) >= 11 is 0. The average Bonchev–Trinajstić information content (AvgIpc) is 2.49. The van der Waals surface area contributed by atoms with Crippen LogP contribution in [0.4, 0.5) is 4.79 Å². The molecule has 0 aliphatic carbocycles. The summed E-state index contributed by atoms with van der Waals surface area (Å²) in [5.41, 5.74) is 0.683. The Bertz CT molecular complexity index is 450. The first-order valence-corrected chi connectivity index (χ1v) is 6.40. The van der Waals surface area contributed by atoms with Gasteiger partial charge in [0.15, 0.2) is 0 Å². The van der Waals surface area contributed by atoms with Gasteiger partial charge in [-0.25, -0.2) is 14.6 Å². The standard InChI is InChI=1S/C13H19N3O5/c1-20-6-7-21-5-4-14-13(19)16-9-10-2-3-11(12(17)18)15-8-10/h2-3,8H,4-7,9H2,1H3,(H,17,18)(H2,14,16,19). The maximum Gasteiger partial charge on any atom is 0.354 e. The fourth-order valence-corrected chi connectivity index (χ4v) is 1.38. The van der Waals surface area contributed by atoms with E-state index >= 15 is 0 Å². The van der Waals surface area contributed by atoms with Crippen LogP contribution in [0.25, 0.3) is 0 Å². The number of urea groups is 1. The molecule has 0 bridgehead atoms. The zero-order valence-corrected chi connectivity index (χ0v) is 11.8. The third-order valence-electron chi connectivity index (χ3n) is 2.46. The van der Waals surface area contributed by atoms with Crippen molar-refractivity contribution in [2.45, 2.75) is 6.54 Å². The lowest BCUT2D eigenvalue weighted by atomic mass is 10.2. The zero-order chi connectivity index (χ0) is 15.5. The highest BCUT2D eigenvalue weighted by Crippen LogP contribution is 1.99. The van der Waals surface area contributed by atoms with E-state index in [-0.39, 0.29) is 18.3 Å². The minimum atomic E-state index is -1.08. The summed E-state index contributed by atoms with van der Waals surface area (Å²) < 4.78 is 10.0. The van der Waals surface area contributed by atoms with E-state index in [1.165, 1.54) is 12.3 Å². The van der Waals surface area contributed by atoms with Crippen LogP contribution >= 0.6 is 0 Å². The molecule has 0 fully saturated rings. The molecule has 0 unspecified atom stereocenters. The molecule has 0 aliphatic heterocycles. The molecule has 1 aromatic heterocycles. The molecule has 0 saturated carbocycles. The first-order valence-electron chi connectivity index (χ1n) is 6.40. The Hall–Kier alpha value is -2.19. The smallest absolute Gasteiger partial charge is 0.354 e. The second-order valence-electron chi connectivity index (χ2n) is 4.07. The fraction of sp³-hybridized carbons (Fsp3) is 0.462. The molecule has 0 aliphatic rings. The van der Waals surface area contributed by atoms with Crippen molar-refractivity contribution in [3.8, 4) is 0 Å². The van der Waals surface area contributed by atoms with Crippen molar-refractivity contribution in [3.63, 3.8) is 0 Å². The third-order valence-corrected chi connectivity index (χ3v) is 2.46. The Morgan fingerprint density at radius 3 is 2.67 bits per heavy atom. The number of hydrogen-bond acceptors (Lipinski definition) is 5. The van der Waals surface area contributed by atoms with E-state index < -0.39 is 5.97 Å². The lowest BCUT2D eigenvalue weighted by Crippen LogP contribution is -2.37. The number of aromatic nitrogens is 1. The summed E-state index contributed by atoms with van der Waals surface area (Å²) in [6.45, 7) is 2.08. The predicted octanol–water partition coefficient (Wildman–Crippen LogP) is 0.242. The van der Waals surface area contributed by atoms with E-state index in [1.807, 2.05) is 0 Å². The molecule has 8 nitrogen and oxygen atoms in total. The number of pyridine rings is 1. The topological polar surface area (TPSA) is 110 Å². The van der Waals surface area contributed by atoms with Gasteiger partial charge in [0.25, 0.3) is 0 Å². The van der Waals surface area contributed by atoms with Gasteiger partial charge in [0, 0.05) is 26.4 Å². The average molecular weight is 297 g/mol. The molecule has 0 aromatic carbocycles. The molecule has 1 rings (SSSR count). The number of carboxylic acid groups (broad SMARTS) is 1. The van der Waals surface area contributed by atoms with Crippen LogP contribution in [0.2, 0.25) is 0 Å². The van der Waals surface area contributed by atoms with Gasteiger partial charge in [0.2, 0.25) is 0 Å². The van der Waals surface area contributed by atoms with Crippen molar-refractivity contribution in [3.05, 3.63) is 29.6 Å². The molecule has 116 valence electrons. The summed E-state index contributed by atoms with van der Waals surface area (Å²) in [5.74, 6) is -1.08. The van der Waals surface area contributed by atoms with Gasteiger partial charge in [-0.2, -0.15) is 0 Å². The summed E-state index contributed by atoms with van der Waals surface area (Å²) in [4.78, 5) is 25.8. The van der Waals surface area contributed by atoms with Crippen molar-refractivity contribution in [2.75, 3.05) is 33.5 Å². The highest BCUT2D eigenvalue weighted by atomic mass is 16.5. The number of aromatic carboxylic acids is 1. The zero-order valence-electron chi connectivity index (χ0n) is 11.8. The molecule has 0 atom stereocenters. The van der Waals surface area contributed by atoms with Crippen LogP contribution in [-0.4, -0.2) is 55.6 Å². The molecule has 1 aromatic rings. The maximum atomic E-state index is 11.5. The maximum absolute atomic E-state index is 11.5. The lowest BCUT2D eigenvalue weighted by Gasteiger charge is -2.08. The van der Waals surface area contributed by atoms with E-state index in [9.17, 15) is 9.59 Å². The Morgan fingerprint density at radius 1 is 1.24 bits per heavy atom. The first kappa shape index (κ1) is 16.9. The van der Waals surface area contributed by atoms with Gasteiger partial charge in [0.05, 0.1) is 19.8 Å². The molecule has 8 heteroatoms. The minimum absolute atomic E-state index is 0.0311. The molecular weight excluding hydrogens is 278 g/mol. The third kappa shape index (κ3) is 7.23. The SMILES string of the molecule is COCCOCCNC(=O)NCc1ccc(C(=O)O)nc1. The van der Waals surface area contributed by atoms with Crippen LogP contribution in [0, 0.1) is 0 Å². The van der Waals surface area contributed by atoms with Gasteiger partial charge < -0.3 is 25.2 Å². The number of hydrogen-bond donors (Lipinski definition) is 3. The molecule has 2 amide bonds. The largest absolute Gasteiger partial charge is 0.477 e. The quantitative estimate of drug-likeness (QED) is 0.563. The van der Waals surface area contributed by atoms with E-state index in [1.54, 1.807) is 13.2 Å². The van der Waals surface area contributed by atoms with E-state index in [4.69, 9.17) is 14.6 Å². The van der Waals surface area contributed by atoms with Gasteiger partial charge in [-0.15, -0.1) is 0 Å². The molecule has 0 spiro atoms. The Balaban J connectivity index is 2.16. The number of carbonyl (C=O) groups is 2. The van der Waals surface area contributed by atoms with Crippen LogP contribution in [0.3, 0.4) is 0 Å². The van der Waals surface area contributed by atoms with Gasteiger partial charge in [-0.3, -0.25) is 0 Å². The van der Waals surface area contributed by atoms with E-state index in [0.717, 1.165) is 0 Å². The summed E-state index contributed by atoms with van der Waals surface area (Å²) in [6, 6.07) is 2.67. The Kier molecular flexibility index (Phi) is 7.77. The number of carbonyl (C=O) groups excluding carboxylic acids is 1. The summed E-state index contributed by atoms with van der Waals surface area (Å²) in [5, 5.41) is 14.0. The lowest BCUT2D eigenvalue weighted by molar-refractivity contribution is 0.0690. The molecule has 0 radical (unpaired) electrons. The highest BCUT2D eigenvalue weighted by Gasteiger charge is 2.04. The molecule has 1 heterocycles. The second kappa shape index (κ2) is 9.67. The summed E-state index contributed by atoms with van der Waals surface area (Å²) in [6.07, 6.45) is 1.41. The number of rotatable bonds is 9. The van der Waals surface area contributed by atoms with Crippen LogP contribution in [-0.2, 0) is 16.0 Å². The number of nitrogens with one attached hydrogen (secondary N) is 2. The van der Waals surface area contributed by atoms with Crippen LogP contribution in [0.5, 0.6) is 0 Å². The number of amides is 2. The molecule has 0 saturated heterocycles. The van der Waals surface area contributed by atoms with E-state index in [0.29, 0.717) is 31.9 Å². The minimum Gasteiger partial charge on any atom is -0.477 e. The van der Waals surface area contributed by atoms with Crippen molar-refractivity contribution >= 4 is 12.0 Å². The van der Waals surface area contributed by atoms with Gasteiger partial charge in [-0.1, -0.05) is 6.07 Å². The number of carboxylic acids is 1. The van der Waals surface area contributed by atoms with Crippen molar-refractivity contribution in [1.82, 2.24) is 15.6 Å². The molecule has 21 heavy (non-hydrogen) atoms. The molecule has 3 N–H and O–H groups in total. The Morgan fingerprint density at radius 2 is 2.05 bits per heavy atom.